The van der Waals surface area contributed by atoms with E-state index < -0.39 is 0 Å². The van der Waals surface area contributed by atoms with Crippen LogP contribution in [0.5, 0.6) is 0 Å². The van der Waals surface area contributed by atoms with Gasteiger partial charge in [0.15, 0.2) is 0 Å². The van der Waals surface area contributed by atoms with Crippen molar-refractivity contribution in [2.75, 3.05) is 0 Å². The molecule has 0 aliphatic rings. The summed E-state index contributed by atoms with van der Waals surface area (Å²) in [5.41, 5.74) is 0. The molecule has 0 unspecified atom stereocenters. The van der Waals surface area contributed by atoms with E-state index in [2.05, 4.69) is 5.32 Å². The molecule has 28 valence electrons. The first-order valence-electron chi connectivity index (χ1n) is 0.988. The molecule has 6 heavy (non-hydrogen) atoms. The Hall–Kier alpha value is 0.776. The smallest absolute Gasteiger partial charge is 0.602 e. The van der Waals surface area contributed by atoms with Crippen molar-refractivity contribution < 1.29 is 61.0 Å². The molecular formula is C2H2KNO2. The Kier molecular flexibility index (Phi) is 15.3. The number of carbonyl (C=O) groups is 2. The number of imide groups is 1. The standard InChI is InChI=1S/C2H3NO2.K/c4-1-3-2-5;/h1-2H,(H,3,4,5);/q;+1/p-1. The van der Waals surface area contributed by atoms with Crippen LogP contribution in [0.4, 0.5) is 0 Å². The third-order valence-electron chi connectivity index (χ3n) is 0.122. The van der Waals surface area contributed by atoms with Gasteiger partial charge in [-0.25, -0.2) is 0 Å². The zero-order valence-electron chi connectivity index (χ0n) is 3.42. The van der Waals surface area contributed by atoms with Crippen LogP contribution in [0.2, 0.25) is 0 Å². The van der Waals surface area contributed by atoms with Crippen LogP contribution in [-0.2, 0) is 9.59 Å². The third-order valence-corrected chi connectivity index (χ3v) is 0.122. The van der Waals surface area contributed by atoms with Crippen molar-refractivity contribution in [1.82, 2.24) is 0 Å². The minimum Gasteiger partial charge on any atom is -0.602 e. The van der Waals surface area contributed by atoms with Gasteiger partial charge in [0, 0.05) is 12.8 Å². The molecule has 0 aromatic heterocycles. The number of nitrogens with zero attached hydrogens (tertiary/aromatic N) is 1. The molecule has 2 amide bonds. The topological polar surface area (TPSA) is 48.2 Å². The van der Waals surface area contributed by atoms with Gasteiger partial charge >= 0.3 is 51.4 Å². The molecule has 0 fully saturated rings. The Morgan fingerprint density at radius 3 is 1.50 bits per heavy atom. The summed E-state index contributed by atoms with van der Waals surface area (Å²) in [6.07, 6.45) is 0.375. The molecule has 0 bridgehead atoms. The molecular weight excluding hydrogens is 109 g/mol. The molecule has 0 aromatic carbocycles. The van der Waals surface area contributed by atoms with Gasteiger partial charge in [-0.15, -0.1) is 0 Å². The van der Waals surface area contributed by atoms with Crippen molar-refractivity contribution in [3.63, 3.8) is 0 Å². The van der Waals surface area contributed by atoms with E-state index in [4.69, 9.17) is 9.59 Å². The minimum absolute atomic E-state index is 0. The second-order valence-electron chi connectivity index (χ2n) is 0.360. The molecule has 0 N–H and O–H groups in total. The molecule has 0 aliphatic heterocycles. The van der Waals surface area contributed by atoms with Crippen molar-refractivity contribution in [3.05, 3.63) is 5.32 Å². The van der Waals surface area contributed by atoms with Gasteiger partial charge in [0.25, 0.3) is 0 Å². The van der Waals surface area contributed by atoms with Crippen LogP contribution >= 0.6 is 0 Å². The van der Waals surface area contributed by atoms with Crippen LogP contribution in [0, 0.1) is 0 Å². The molecule has 0 rings (SSSR count). The maximum absolute atomic E-state index is 9.01. The van der Waals surface area contributed by atoms with Crippen LogP contribution < -0.4 is 51.4 Å². The summed E-state index contributed by atoms with van der Waals surface area (Å²) < 4.78 is 0. The number of hydrogen-bond donors (Lipinski definition) is 0. The van der Waals surface area contributed by atoms with E-state index in [1.165, 1.54) is 0 Å². The predicted octanol–water partition coefficient (Wildman–Crippen LogP) is -3.32. The Morgan fingerprint density at radius 2 is 1.50 bits per heavy atom. The first kappa shape index (κ1) is 9.91. The van der Waals surface area contributed by atoms with Crippen LogP contribution in [0.25, 0.3) is 5.32 Å². The van der Waals surface area contributed by atoms with Gasteiger partial charge in [-0.2, -0.15) is 0 Å². The zero-order chi connectivity index (χ0) is 4.12. The molecule has 0 radical (unpaired) electrons. The second kappa shape index (κ2) is 9.24. The van der Waals surface area contributed by atoms with E-state index in [1.807, 2.05) is 0 Å². The Bertz CT molecular complexity index is 40.8. The average Bonchev–Trinajstić information content (AvgIpc) is 1.41. The fraction of sp³-hybridized carbons (Fsp3) is 0. The number of rotatable bonds is 2. The summed E-state index contributed by atoms with van der Waals surface area (Å²) in [4.78, 5) is 18.0. The molecule has 3 nitrogen and oxygen atoms in total. The van der Waals surface area contributed by atoms with Crippen LogP contribution in [0.1, 0.15) is 0 Å². The fourth-order valence-corrected chi connectivity index (χ4v) is 0.0248. The number of amides is 2. The van der Waals surface area contributed by atoms with Gasteiger partial charge in [-0.05, 0) is 0 Å². The quantitative estimate of drug-likeness (QED) is 0.276. The molecule has 0 spiro atoms. The molecule has 0 heterocycles. The van der Waals surface area contributed by atoms with Gasteiger partial charge in [0.05, 0.1) is 0 Å². The van der Waals surface area contributed by atoms with Gasteiger partial charge in [0.1, 0.15) is 0 Å². The summed E-state index contributed by atoms with van der Waals surface area (Å²) >= 11 is 0. The minimum atomic E-state index is 0. The van der Waals surface area contributed by atoms with E-state index in [0.717, 1.165) is 0 Å². The maximum atomic E-state index is 9.01. The van der Waals surface area contributed by atoms with E-state index in [-0.39, 0.29) is 64.2 Å². The summed E-state index contributed by atoms with van der Waals surface area (Å²) in [7, 11) is 0. The van der Waals surface area contributed by atoms with Crippen molar-refractivity contribution in [2.24, 2.45) is 0 Å². The first-order chi connectivity index (χ1) is 2.41. The molecule has 0 saturated heterocycles. The molecule has 4 heteroatoms. The summed E-state index contributed by atoms with van der Waals surface area (Å²) in [5, 5.41) is 2.61. The Labute approximate surface area is 77.9 Å². The van der Waals surface area contributed by atoms with Crippen LogP contribution in [0.15, 0.2) is 0 Å². The largest absolute Gasteiger partial charge is 1.00 e. The molecule has 0 aromatic rings. The monoisotopic (exact) mass is 111 g/mol. The number of hydrogen-bond acceptors (Lipinski definition) is 2. The van der Waals surface area contributed by atoms with E-state index in [9.17, 15) is 0 Å². The van der Waals surface area contributed by atoms with Crippen LogP contribution in [-0.4, -0.2) is 12.8 Å². The molecule has 0 aliphatic carbocycles. The van der Waals surface area contributed by atoms with Crippen LogP contribution in [0.3, 0.4) is 0 Å². The second-order valence-corrected chi connectivity index (χ2v) is 0.360. The maximum Gasteiger partial charge on any atom is 1.00 e. The first-order valence-corrected chi connectivity index (χ1v) is 0.988. The van der Waals surface area contributed by atoms with Crippen molar-refractivity contribution >= 4 is 12.8 Å². The van der Waals surface area contributed by atoms with Crippen molar-refractivity contribution in [1.29, 1.82) is 0 Å². The Morgan fingerprint density at radius 1 is 1.17 bits per heavy atom. The van der Waals surface area contributed by atoms with Crippen molar-refractivity contribution in [2.45, 2.75) is 0 Å². The SMILES string of the molecule is O=C[N-]C=O.[K+]. The zero-order valence-corrected chi connectivity index (χ0v) is 6.54. The summed E-state index contributed by atoms with van der Waals surface area (Å²) in [6, 6.07) is 0. The van der Waals surface area contributed by atoms with Crippen molar-refractivity contribution in [3.8, 4) is 0 Å². The summed E-state index contributed by atoms with van der Waals surface area (Å²) in [5.74, 6) is 0. The summed E-state index contributed by atoms with van der Waals surface area (Å²) in [6.45, 7) is 0. The fourth-order valence-electron chi connectivity index (χ4n) is 0.0248. The van der Waals surface area contributed by atoms with Gasteiger partial charge in [0.2, 0.25) is 0 Å². The molecule has 0 atom stereocenters. The average molecular weight is 111 g/mol. The van der Waals surface area contributed by atoms with Gasteiger partial charge in [-0.3, -0.25) is 0 Å². The normalized spacial score (nSPS) is 4.67. The third kappa shape index (κ3) is 8.84. The van der Waals surface area contributed by atoms with E-state index in [0.29, 0.717) is 0 Å². The van der Waals surface area contributed by atoms with Gasteiger partial charge < -0.3 is 14.9 Å². The van der Waals surface area contributed by atoms with E-state index in [1.54, 1.807) is 0 Å². The van der Waals surface area contributed by atoms with E-state index >= 15 is 0 Å². The number of carbonyl (C=O) groups excluding carboxylic acids is 2. The molecule has 0 saturated carbocycles. The Balaban J connectivity index is 0. The van der Waals surface area contributed by atoms with Gasteiger partial charge in [-0.1, -0.05) is 0 Å². The predicted molar refractivity (Wildman–Crippen MR) is 15.5 cm³/mol.